The Hall–Kier alpha value is -3.49. The largest absolute Gasteiger partial charge is 0.354 e. The first-order valence-electron chi connectivity index (χ1n) is 10.7. The second-order valence-corrected chi connectivity index (χ2v) is 8.21. The van der Waals surface area contributed by atoms with E-state index in [0.717, 1.165) is 0 Å². The Morgan fingerprint density at radius 3 is 2.84 bits per heavy atom. The molecule has 8 nitrogen and oxygen atoms in total. The molecule has 2 atom stereocenters. The summed E-state index contributed by atoms with van der Waals surface area (Å²) in [4.78, 5) is 43.8. The van der Waals surface area contributed by atoms with Gasteiger partial charge in [0.15, 0.2) is 0 Å². The van der Waals surface area contributed by atoms with E-state index in [1.807, 2.05) is 0 Å². The number of fused-ring (bicyclic) bond motifs is 1. The third-order valence-electron chi connectivity index (χ3n) is 6.13. The predicted octanol–water partition coefficient (Wildman–Crippen LogP) is 1.83. The highest BCUT2D eigenvalue weighted by Gasteiger charge is 2.42. The van der Waals surface area contributed by atoms with Crippen LogP contribution in [0.1, 0.15) is 42.1 Å². The second kappa shape index (κ2) is 8.94. The average molecular weight is 439 g/mol. The molecule has 2 aliphatic rings. The molecule has 32 heavy (non-hydrogen) atoms. The summed E-state index contributed by atoms with van der Waals surface area (Å²) < 4.78 is 13.7. The van der Waals surface area contributed by atoms with E-state index in [2.05, 4.69) is 20.9 Å². The van der Waals surface area contributed by atoms with Crippen molar-refractivity contribution in [1.82, 2.24) is 20.5 Å². The molecule has 0 bridgehead atoms. The summed E-state index contributed by atoms with van der Waals surface area (Å²) in [6.45, 7) is 2.25. The lowest BCUT2D eigenvalue weighted by molar-refractivity contribution is -0.139. The highest BCUT2D eigenvalue weighted by atomic mass is 19.1. The lowest BCUT2D eigenvalue weighted by Crippen LogP contribution is -2.58. The minimum atomic E-state index is -0.788. The first kappa shape index (κ1) is 21.7. The van der Waals surface area contributed by atoms with Crippen molar-refractivity contribution < 1.29 is 18.8 Å². The van der Waals surface area contributed by atoms with Gasteiger partial charge < -0.3 is 20.9 Å². The molecule has 1 fully saturated rings. The molecule has 3 heterocycles. The standard InChI is InChI=1S/C23H26FN5O3/c1-15(21(31)26-13-9-16-5-2-3-7-18(16)24)29-14-11-23(10-8-19(29)30)27-20-17(22(32)28-23)6-4-12-25-20/h2-7,12,15H,8-11,13-14H2,1H3,(H,25,27)(H,26,31)(H,28,32). The minimum Gasteiger partial charge on any atom is -0.354 e. The Morgan fingerprint density at radius 2 is 2.03 bits per heavy atom. The number of likely N-dealkylation sites (tertiary alicyclic amines) is 1. The Bertz CT molecular complexity index is 1050. The van der Waals surface area contributed by atoms with Gasteiger partial charge in [-0.25, -0.2) is 9.37 Å². The zero-order valence-corrected chi connectivity index (χ0v) is 17.9. The molecular formula is C23H26FN5O3. The van der Waals surface area contributed by atoms with Gasteiger partial charge >= 0.3 is 0 Å². The van der Waals surface area contributed by atoms with E-state index < -0.39 is 11.7 Å². The molecule has 2 aromatic rings. The molecule has 2 aliphatic heterocycles. The molecule has 168 valence electrons. The van der Waals surface area contributed by atoms with E-state index in [4.69, 9.17) is 0 Å². The molecule has 0 saturated carbocycles. The highest BCUT2D eigenvalue weighted by molar-refractivity contribution is 6.01. The highest BCUT2D eigenvalue weighted by Crippen LogP contribution is 2.30. The van der Waals surface area contributed by atoms with Crippen molar-refractivity contribution >= 4 is 23.5 Å². The van der Waals surface area contributed by atoms with Crippen molar-refractivity contribution in [2.45, 2.75) is 44.3 Å². The zero-order valence-electron chi connectivity index (χ0n) is 17.9. The first-order valence-corrected chi connectivity index (χ1v) is 10.7. The van der Waals surface area contributed by atoms with Crippen LogP contribution in [0.4, 0.5) is 10.2 Å². The summed E-state index contributed by atoms with van der Waals surface area (Å²) in [5, 5.41) is 9.07. The van der Waals surface area contributed by atoms with Crippen molar-refractivity contribution in [3.8, 4) is 0 Å². The fourth-order valence-electron chi connectivity index (χ4n) is 4.23. The number of nitrogens with zero attached hydrogens (tertiary/aromatic N) is 2. The normalized spacial score (nSPS) is 21.2. The van der Waals surface area contributed by atoms with Crippen LogP contribution in [0.3, 0.4) is 0 Å². The van der Waals surface area contributed by atoms with E-state index in [1.54, 1.807) is 43.5 Å². The van der Waals surface area contributed by atoms with Crippen LogP contribution in [0, 0.1) is 5.82 Å². The van der Waals surface area contributed by atoms with Crippen molar-refractivity contribution in [2.24, 2.45) is 0 Å². The number of nitrogens with one attached hydrogen (secondary N) is 3. The summed E-state index contributed by atoms with van der Waals surface area (Å²) in [7, 11) is 0. The molecule has 3 amide bonds. The summed E-state index contributed by atoms with van der Waals surface area (Å²) in [5.74, 6) is -0.483. The number of anilines is 1. The maximum Gasteiger partial charge on any atom is 0.256 e. The topological polar surface area (TPSA) is 103 Å². The Morgan fingerprint density at radius 1 is 1.22 bits per heavy atom. The first-order chi connectivity index (χ1) is 15.4. The number of hydrogen-bond acceptors (Lipinski definition) is 5. The molecule has 3 N–H and O–H groups in total. The predicted molar refractivity (Wildman–Crippen MR) is 116 cm³/mol. The molecular weight excluding hydrogens is 413 g/mol. The van der Waals surface area contributed by atoms with Gasteiger partial charge in [-0.3, -0.25) is 14.4 Å². The van der Waals surface area contributed by atoms with Gasteiger partial charge in [-0.1, -0.05) is 18.2 Å². The summed E-state index contributed by atoms with van der Waals surface area (Å²) in [6, 6.07) is 9.15. The Balaban J connectivity index is 1.37. The Labute approximate surface area is 185 Å². The Kier molecular flexibility index (Phi) is 6.07. The van der Waals surface area contributed by atoms with Crippen LogP contribution in [-0.2, 0) is 16.0 Å². The monoisotopic (exact) mass is 439 g/mol. The third kappa shape index (κ3) is 4.42. The number of pyridine rings is 1. The molecule has 1 spiro atoms. The van der Waals surface area contributed by atoms with Gasteiger partial charge in [0, 0.05) is 32.1 Å². The number of hydrogen-bond donors (Lipinski definition) is 3. The quantitative estimate of drug-likeness (QED) is 0.660. The van der Waals surface area contributed by atoms with Gasteiger partial charge in [-0.05, 0) is 43.5 Å². The molecule has 0 radical (unpaired) electrons. The van der Waals surface area contributed by atoms with Crippen LogP contribution in [0.25, 0.3) is 0 Å². The van der Waals surface area contributed by atoms with Crippen molar-refractivity contribution in [1.29, 1.82) is 0 Å². The average Bonchev–Trinajstić information content (AvgIpc) is 2.93. The number of carbonyl (C=O) groups excluding carboxylic acids is 3. The molecule has 1 aromatic carbocycles. The van der Waals surface area contributed by atoms with E-state index in [1.165, 1.54) is 11.0 Å². The van der Waals surface area contributed by atoms with E-state index in [9.17, 15) is 18.8 Å². The van der Waals surface area contributed by atoms with Crippen molar-refractivity contribution in [3.05, 3.63) is 59.5 Å². The molecule has 0 aliphatic carbocycles. The van der Waals surface area contributed by atoms with Gasteiger partial charge in [0.25, 0.3) is 5.91 Å². The summed E-state index contributed by atoms with van der Waals surface area (Å²) >= 11 is 0. The zero-order chi connectivity index (χ0) is 22.7. The van der Waals surface area contributed by atoms with E-state index in [-0.39, 0.29) is 36.5 Å². The van der Waals surface area contributed by atoms with Crippen LogP contribution >= 0.6 is 0 Å². The lowest BCUT2D eigenvalue weighted by Gasteiger charge is -2.39. The molecule has 4 rings (SSSR count). The molecule has 1 aromatic heterocycles. The van der Waals surface area contributed by atoms with Gasteiger partial charge in [0.2, 0.25) is 11.8 Å². The summed E-state index contributed by atoms with van der Waals surface area (Å²) in [6.07, 6.45) is 2.99. The van der Waals surface area contributed by atoms with Crippen LogP contribution in [0.15, 0.2) is 42.6 Å². The molecule has 9 heteroatoms. The number of benzene rings is 1. The third-order valence-corrected chi connectivity index (χ3v) is 6.13. The smallest absolute Gasteiger partial charge is 0.256 e. The van der Waals surface area contributed by atoms with Crippen LogP contribution < -0.4 is 16.0 Å². The molecule has 1 saturated heterocycles. The number of aromatic nitrogens is 1. The van der Waals surface area contributed by atoms with Crippen molar-refractivity contribution in [3.63, 3.8) is 0 Å². The summed E-state index contributed by atoms with van der Waals surface area (Å²) in [5.41, 5.74) is 0.207. The van der Waals surface area contributed by atoms with Gasteiger partial charge in [-0.15, -0.1) is 0 Å². The maximum absolute atomic E-state index is 13.7. The fourth-order valence-corrected chi connectivity index (χ4v) is 4.23. The van der Waals surface area contributed by atoms with Crippen LogP contribution in [0.2, 0.25) is 0 Å². The fraction of sp³-hybridized carbons (Fsp3) is 0.391. The minimum absolute atomic E-state index is 0.151. The maximum atomic E-state index is 13.7. The van der Waals surface area contributed by atoms with Gasteiger partial charge in [-0.2, -0.15) is 0 Å². The molecule has 2 unspecified atom stereocenters. The number of amides is 3. The lowest BCUT2D eigenvalue weighted by atomic mass is 9.97. The SMILES string of the molecule is CC(C(=O)NCCc1ccccc1F)N1CCC2(CCC1=O)NC(=O)c1cccnc1N2. The van der Waals surface area contributed by atoms with Gasteiger partial charge in [0.05, 0.1) is 5.56 Å². The van der Waals surface area contributed by atoms with Crippen LogP contribution in [0.5, 0.6) is 0 Å². The number of halogens is 1. The van der Waals surface area contributed by atoms with Gasteiger partial charge in [0.1, 0.15) is 23.3 Å². The number of rotatable bonds is 5. The van der Waals surface area contributed by atoms with Crippen molar-refractivity contribution in [2.75, 3.05) is 18.4 Å². The van der Waals surface area contributed by atoms with E-state index in [0.29, 0.717) is 42.8 Å². The van der Waals surface area contributed by atoms with Crippen LogP contribution in [-0.4, -0.2) is 52.4 Å². The second-order valence-electron chi connectivity index (χ2n) is 8.21. The number of carbonyl (C=O) groups is 3. The van der Waals surface area contributed by atoms with E-state index >= 15 is 0 Å².